The average molecular weight is 352 g/mol. The first-order chi connectivity index (χ1) is 10.5. The highest BCUT2D eigenvalue weighted by Crippen LogP contribution is 2.24. The fourth-order valence-electron chi connectivity index (χ4n) is 2.01. The van der Waals surface area contributed by atoms with E-state index >= 15 is 0 Å². The summed E-state index contributed by atoms with van der Waals surface area (Å²) in [6.07, 6.45) is 0. The van der Waals surface area contributed by atoms with Gasteiger partial charge in [0.2, 0.25) is 0 Å². The lowest BCUT2D eigenvalue weighted by Gasteiger charge is -2.08. The Hall–Kier alpha value is -1.82. The van der Waals surface area contributed by atoms with Crippen molar-refractivity contribution in [1.82, 2.24) is 9.78 Å². The van der Waals surface area contributed by atoms with E-state index in [4.69, 9.17) is 23.2 Å². The van der Waals surface area contributed by atoms with Crippen LogP contribution in [0.4, 0.5) is 5.82 Å². The highest BCUT2D eigenvalue weighted by molar-refractivity contribution is 7.18. The lowest BCUT2D eigenvalue weighted by molar-refractivity contribution is 0.103. The number of amides is 1. The molecule has 0 saturated heterocycles. The molecular formula is C15H11Cl2N3OS. The van der Waals surface area contributed by atoms with Crippen LogP contribution in [0, 0.1) is 6.92 Å². The highest BCUT2D eigenvalue weighted by atomic mass is 35.5. The Kier molecular flexibility index (Phi) is 4.20. The van der Waals surface area contributed by atoms with E-state index in [1.165, 1.54) is 11.3 Å². The van der Waals surface area contributed by atoms with E-state index in [0.29, 0.717) is 20.1 Å². The molecule has 0 aliphatic carbocycles. The van der Waals surface area contributed by atoms with Crippen LogP contribution in [0.25, 0.3) is 5.69 Å². The molecule has 0 spiro atoms. The zero-order valence-corrected chi connectivity index (χ0v) is 13.8. The van der Waals surface area contributed by atoms with Gasteiger partial charge >= 0.3 is 0 Å². The summed E-state index contributed by atoms with van der Waals surface area (Å²) in [7, 11) is 0. The van der Waals surface area contributed by atoms with Crippen molar-refractivity contribution >= 4 is 46.3 Å². The predicted octanol–water partition coefficient (Wildman–Crippen LogP) is 4.80. The van der Waals surface area contributed by atoms with Gasteiger partial charge in [-0.15, -0.1) is 11.3 Å². The smallest absolute Gasteiger partial charge is 0.266 e. The molecule has 112 valence electrons. The number of halogens is 2. The second kappa shape index (κ2) is 6.12. The summed E-state index contributed by atoms with van der Waals surface area (Å²) in [6.45, 7) is 1.86. The molecule has 0 aliphatic heterocycles. The maximum Gasteiger partial charge on any atom is 0.266 e. The molecule has 7 heteroatoms. The zero-order valence-electron chi connectivity index (χ0n) is 11.5. The Bertz CT molecular complexity index is 841. The summed E-state index contributed by atoms with van der Waals surface area (Å²) in [4.78, 5) is 12.8. The third-order valence-electron chi connectivity index (χ3n) is 2.92. The Morgan fingerprint density at radius 3 is 2.73 bits per heavy atom. The van der Waals surface area contributed by atoms with Crippen molar-refractivity contribution in [2.45, 2.75) is 6.92 Å². The zero-order chi connectivity index (χ0) is 15.7. The molecular weight excluding hydrogens is 341 g/mol. The molecule has 1 N–H and O–H groups in total. The number of hydrogen-bond donors (Lipinski definition) is 1. The summed E-state index contributed by atoms with van der Waals surface area (Å²) in [6, 6.07) is 12.5. The van der Waals surface area contributed by atoms with E-state index in [9.17, 15) is 4.79 Å². The topological polar surface area (TPSA) is 46.9 Å². The van der Waals surface area contributed by atoms with Crippen LogP contribution >= 0.6 is 34.5 Å². The molecule has 1 aromatic carbocycles. The van der Waals surface area contributed by atoms with Crippen molar-refractivity contribution in [2.75, 3.05) is 5.32 Å². The first kappa shape index (κ1) is 15.1. The molecule has 0 saturated carbocycles. The van der Waals surface area contributed by atoms with Crippen LogP contribution in [0.1, 0.15) is 15.4 Å². The second-order valence-corrected chi connectivity index (χ2v) is 6.77. The van der Waals surface area contributed by atoms with Gasteiger partial charge in [0.15, 0.2) is 0 Å². The van der Waals surface area contributed by atoms with Gasteiger partial charge in [-0.2, -0.15) is 5.10 Å². The van der Waals surface area contributed by atoms with Crippen molar-refractivity contribution in [3.05, 3.63) is 62.4 Å². The van der Waals surface area contributed by atoms with E-state index in [1.807, 2.05) is 19.1 Å². The Morgan fingerprint density at radius 2 is 2.05 bits per heavy atom. The number of aromatic nitrogens is 2. The van der Waals surface area contributed by atoms with Crippen LogP contribution in [0.2, 0.25) is 9.36 Å². The minimum atomic E-state index is -0.222. The quantitative estimate of drug-likeness (QED) is 0.736. The summed E-state index contributed by atoms with van der Waals surface area (Å²) < 4.78 is 2.22. The lowest BCUT2D eigenvalue weighted by Crippen LogP contribution is -2.13. The van der Waals surface area contributed by atoms with Crippen LogP contribution < -0.4 is 5.32 Å². The Labute approximate surface area is 141 Å². The largest absolute Gasteiger partial charge is 0.306 e. The van der Waals surface area contributed by atoms with E-state index in [1.54, 1.807) is 35.0 Å². The van der Waals surface area contributed by atoms with E-state index in [2.05, 4.69) is 10.4 Å². The van der Waals surface area contributed by atoms with Gasteiger partial charge in [0.1, 0.15) is 5.82 Å². The predicted molar refractivity (Wildman–Crippen MR) is 90.6 cm³/mol. The monoisotopic (exact) mass is 351 g/mol. The van der Waals surface area contributed by atoms with Gasteiger partial charge in [0, 0.05) is 11.1 Å². The third-order valence-corrected chi connectivity index (χ3v) is 4.39. The molecule has 0 atom stereocenters. The lowest BCUT2D eigenvalue weighted by atomic mass is 10.3. The standard InChI is InChI=1S/C15H11Cl2N3OS/c1-9-7-14(18-15(21)12-5-6-13(17)22-12)20(19-9)11-4-2-3-10(16)8-11/h2-8H,1H3,(H,18,21). The summed E-state index contributed by atoms with van der Waals surface area (Å²) in [5, 5.41) is 7.85. The summed E-state index contributed by atoms with van der Waals surface area (Å²) >= 11 is 13.1. The number of nitrogens with one attached hydrogen (secondary N) is 1. The van der Waals surface area contributed by atoms with Gasteiger partial charge in [0.05, 0.1) is 20.6 Å². The molecule has 2 heterocycles. The first-order valence-electron chi connectivity index (χ1n) is 6.42. The van der Waals surface area contributed by atoms with Crippen LogP contribution in [-0.2, 0) is 0 Å². The number of benzene rings is 1. The molecule has 0 unspecified atom stereocenters. The fraction of sp³-hybridized carbons (Fsp3) is 0.0667. The van der Waals surface area contributed by atoms with Gasteiger partial charge in [-0.05, 0) is 37.3 Å². The summed E-state index contributed by atoms with van der Waals surface area (Å²) in [5.41, 5.74) is 1.57. The number of anilines is 1. The number of carbonyl (C=O) groups is 1. The van der Waals surface area contributed by atoms with Crippen molar-refractivity contribution in [3.8, 4) is 5.69 Å². The van der Waals surface area contributed by atoms with Crippen molar-refractivity contribution < 1.29 is 4.79 Å². The SMILES string of the molecule is Cc1cc(NC(=O)c2ccc(Cl)s2)n(-c2cccc(Cl)c2)n1. The minimum absolute atomic E-state index is 0.222. The molecule has 0 aliphatic rings. The van der Waals surface area contributed by atoms with Gasteiger partial charge in [-0.3, -0.25) is 4.79 Å². The molecule has 1 amide bonds. The average Bonchev–Trinajstić information content (AvgIpc) is 3.05. The number of hydrogen-bond acceptors (Lipinski definition) is 3. The highest BCUT2D eigenvalue weighted by Gasteiger charge is 2.14. The molecule has 0 radical (unpaired) electrons. The first-order valence-corrected chi connectivity index (χ1v) is 7.99. The molecule has 0 bridgehead atoms. The Morgan fingerprint density at radius 1 is 1.23 bits per heavy atom. The second-order valence-electron chi connectivity index (χ2n) is 4.62. The molecule has 3 rings (SSSR count). The van der Waals surface area contributed by atoms with Crippen LogP contribution in [0.15, 0.2) is 42.5 Å². The minimum Gasteiger partial charge on any atom is -0.306 e. The fourth-order valence-corrected chi connectivity index (χ4v) is 3.13. The number of aryl methyl sites for hydroxylation is 1. The molecule has 0 fully saturated rings. The van der Waals surface area contributed by atoms with Crippen LogP contribution in [-0.4, -0.2) is 15.7 Å². The van der Waals surface area contributed by atoms with E-state index < -0.39 is 0 Å². The molecule has 22 heavy (non-hydrogen) atoms. The Balaban J connectivity index is 1.93. The van der Waals surface area contributed by atoms with Gasteiger partial charge in [-0.25, -0.2) is 4.68 Å². The van der Waals surface area contributed by atoms with Crippen molar-refractivity contribution in [3.63, 3.8) is 0 Å². The van der Waals surface area contributed by atoms with E-state index in [0.717, 1.165) is 11.4 Å². The van der Waals surface area contributed by atoms with E-state index in [-0.39, 0.29) is 5.91 Å². The maximum atomic E-state index is 12.3. The van der Waals surface area contributed by atoms with Gasteiger partial charge < -0.3 is 5.32 Å². The number of thiophene rings is 1. The molecule has 3 aromatic rings. The third kappa shape index (κ3) is 3.16. The van der Waals surface area contributed by atoms with Gasteiger partial charge in [-0.1, -0.05) is 29.3 Å². The number of nitrogens with zero attached hydrogens (tertiary/aromatic N) is 2. The molecule has 2 aromatic heterocycles. The normalized spacial score (nSPS) is 10.7. The van der Waals surface area contributed by atoms with Crippen molar-refractivity contribution in [1.29, 1.82) is 0 Å². The molecule has 4 nitrogen and oxygen atoms in total. The number of carbonyl (C=O) groups excluding carboxylic acids is 1. The summed E-state index contributed by atoms with van der Waals surface area (Å²) in [5.74, 6) is 0.356. The van der Waals surface area contributed by atoms with Crippen LogP contribution in [0.3, 0.4) is 0 Å². The van der Waals surface area contributed by atoms with Crippen LogP contribution in [0.5, 0.6) is 0 Å². The maximum absolute atomic E-state index is 12.3. The number of rotatable bonds is 3. The van der Waals surface area contributed by atoms with Crippen molar-refractivity contribution in [2.24, 2.45) is 0 Å². The van der Waals surface area contributed by atoms with Gasteiger partial charge in [0.25, 0.3) is 5.91 Å².